The van der Waals surface area contributed by atoms with Crippen LogP contribution in [0.4, 0.5) is 30.5 Å². The number of rotatable bonds is 5. The van der Waals surface area contributed by atoms with Gasteiger partial charge in [-0.05, 0) is 17.3 Å². The fraction of sp³-hybridized carbons (Fsp3) is 0.200. The molecule has 5 aromatic rings. The van der Waals surface area contributed by atoms with Crippen LogP contribution in [0, 0.1) is 43.3 Å². The van der Waals surface area contributed by atoms with E-state index < -0.39 is 28.6 Å². The first kappa shape index (κ1) is 28.7. The molecule has 45 heavy (non-hydrogen) atoms. The van der Waals surface area contributed by atoms with Gasteiger partial charge in [-0.3, -0.25) is 24.6 Å². The topological polar surface area (TPSA) is 207 Å². The first-order chi connectivity index (χ1) is 22.1. The Kier molecular flexibility index (Phi) is 7.95. The van der Waals surface area contributed by atoms with E-state index in [1.807, 2.05) is 11.1 Å². The Morgan fingerprint density at radius 1 is 0.911 bits per heavy atom. The molecule has 7 rings (SSSR count). The lowest BCUT2D eigenvalue weighted by molar-refractivity contribution is -0.385. The normalized spacial score (nSPS) is 13.1. The SMILES string of the molecule is N#CN1Cc2cn(-c3ccc([N+](=O)[O-])cc3F)nc2C1.O=[N+]([O-])c1ccc(-n2cc3c(n2)CN(c2nn[nH]n2)C3)c(F)c1.[2H]CF. The number of nitro groups is 2. The first-order valence-electron chi connectivity index (χ1n) is 13.3. The number of fused-ring (bicyclic) bond motifs is 2. The van der Waals surface area contributed by atoms with Crippen molar-refractivity contribution in [2.75, 3.05) is 12.1 Å². The van der Waals surface area contributed by atoms with E-state index in [9.17, 15) is 33.4 Å². The van der Waals surface area contributed by atoms with Gasteiger partial charge in [-0.2, -0.15) is 20.7 Å². The van der Waals surface area contributed by atoms with E-state index in [0.717, 1.165) is 29.0 Å². The third kappa shape index (κ3) is 6.07. The highest BCUT2D eigenvalue weighted by Crippen LogP contribution is 2.27. The second-order valence-corrected chi connectivity index (χ2v) is 9.40. The number of hydrogen-bond acceptors (Lipinski definition) is 12. The minimum absolute atomic E-state index is 0.147. The molecule has 0 saturated heterocycles. The third-order valence-electron chi connectivity index (χ3n) is 6.69. The Hall–Kier alpha value is -6.39. The monoisotopic (exact) mass is 624 g/mol. The number of nitrogens with one attached hydrogen (secondary N) is 1. The maximum Gasteiger partial charge on any atom is 0.272 e. The Balaban J connectivity index is 0.000000169. The van der Waals surface area contributed by atoms with Crippen molar-refractivity contribution in [1.82, 2.24) is 45.1 Å². The van der Waals surface area contributed by atoms with Gasteiger partial charge in [-0.1, -0.05) is 5.10 Å². The van der Waals surface area contributed by atoms with Crippen molar-refractivity contribution < 1.29 is 24.4 Å². The molecular formula is C25H20F3N13O4. The lowest BCUT2D eigenvalue weighted by Crippen LogP contribution is -2.17. The number of H-pyrrole nitrogens is 1. The molecule has 2 aliphatic heterocycles. The summed E-state index contributed by atoms with van der Waals surface area (Å²) in [6.07, 6.45) is 5.35. The highest BCUT2D eigenvalue weighted by Gasteiger charge is 2.26. The molecular weight excluding hydrogens is 603 g/mol. The van der Waals surface area contributed by atoms with Crippen LogP contribution in [0.2, 0.25) is 0 Å². The highest BCUT2D eigenvalue weighted by molar-refractivity contribution is 5.45. The van der Waals surface area contributed by atoms with E-state index in [1.165, 1.54) is 38.5 Å². The van der Waals surface area contributed by atoms with Crippen LogP contribution < -0.4 is 4.90 Å². The summed E-state index contributed by atoms with van der Waals surface area (Å²) < 4.78 is 46.2. The van der Waals surface area contributed by atoms with Crippen LogP contribution in [0.1, 0.15) is 23.9 Å². The van der Waals surface area contributed by atoms with Gasteiger partial charge < -0.3 is 9.80 Å². The summed E-state index contributed by atoms with van der Waals surface area (Å²) in [5, 5.41) is 52.2. The van der Waals surface area contributed by atoms with Gasteiger partial charge in [-0.25, -0.2) is 18.1 Å². The third-order valence-corrected chi connectivity index (χ3v) is 6.69. The minimum atomic E-state index is -1.00. The van der Waals surface area contributed by atoms with Crippen molar-refractivity contribution in [3.63, 3.8) is 0 Å². The largest absolute Gasteiger partial charge is 0.328 e. The number of anilines is 1. The van der Waals surface area contributed by atoms with Crippen molar-refractivity contribution in [1.29, 1.82) is 5.26 Å². The summed E-state index contributed by atoms with van der Waals surface area (Å²) in [4.78, 5) is 23.3. The molecule has 3 aromatic heterocycles. The van der Waals surface area contributed by atoms with Gasteiger partial charge in [0.25, 0.3) is 17.3 Å². The molecule has 5 heterocycles. The smallest absolute Gasteiger partial charge is 0.272 e. The van der Waals surface area contributed by atoms with Crippen LogP contribution >= 0.6 is 0 Å². The Labute approximate surface area is 251 Å². The maximum absolute atomic E-state index is 14.1. The maximum atomic E-state index is 14.1. The zero-order valence-corrected chi connectivity index (χ0v) is 22.8. The van der Waals surface area contributed by atoms with Gasteiger partial charge in [0, 0.05) is 42.2 Å². The van der Waals surface area contributed by atoms with Crippen LogP contribution in [0.5, 0.6) is 0 Å². The van der Waals surface area contributed by atoms with Crippen molar-refractivity contribution in [3.05, 3.63) is 103 Å². The fourth-order valence-corrected chi connectivity index (χ4v) is 4.65. The summed E-state index contributed by atoms with van der Waals surface area (Å²) in [6, 6.07) is 6.88. The Bertz CT molecular complexity index is 1900. The molecule has 230 valence electrons. The number of non-ortho nitro benzene ring substituents is 2. The van der Waals surface area contributed by atoms with Gasteiger partial charge in [0.05, 0.1) is 61.5 Å². The van der Waals surface area contributed by atoms with E-state index >= 15 is 0 Å². The number of hydrogen-bond donors (Lipinski definition) is 1. The lowest BCUT2D eigenvalue weighted by atomic mass is 10.2. The summed E-state index contributed by atoms with van der Waals surface area (Å²) in [6.45, 7) is 1.85. The molecule has 0 atom stereocenters. The second-order valence-electron chi connectivity index (χ2n) is 9.40. The quantitative estimate of drug-likeness (QED) is 0.170. The summed E-state index contributed by atoms with van der Waals surface area (Å²) in [5.41, 5.74) is 2.95. The van der Waals surface area contributed by atoms with E-state index in [2.05, 4.69) is 30.8 Å². The molecule has 2 aromatic carbocycles. The van der Waals surface area contributed by atoms with E-state index in [0.29, 0.717) is 37.8 Å². The van der Waals surface area contributed by atoms with Crippen LogP contribution in [0.3, 0.4) is 0 Å². The van der Waals surface area contributed by atoms with Crippen molar-refractivity contribution in [2.24, 2.45) is 0 Å². The zero-order valence-electron chi connectivity index (χ0n) is 23.8. The first-order valence-corrected chi connectivity index (χ1v) is 12.6. The average Bonchev–Trinajstić information content (AvgIpc) is 3.84. The van der Waals surface area contributed by atoms with E-state index in [1.54, 1.807) is 12.4 Å². The predicted molar refractivity (Wildman–Crippen MR) is 146 cm³/mol. The fourth-order valence-electron chi connectivity index (χ4n) is 4.65. The molecule has 0 amide bonds. The van der Waals surface area contributed by atoms with Gasteiger partial charge in [0.2, 0.25) is 0 Å². The number of halogens is 3. The van der Waals surface area contributed by atoms with Gasteiger partial charge in [0.1, 0.15) is 11.4 Å². The minimum Gasteiger partial charge on any atom is -0.328 e. The number of nitro benzene ring substituents is 2. The summed E-state index contributed by atoms with van der Waals surface area (Å²) >= 11 is 0. The molecule has 0 unspecified atom stereocenters. The lowest BCUT2D eigenvalue weighted by Gasteiger charge is -2.11. The van der Waals surface area contributed by atoms with Crippen LogP contribution in [0.15, 0.2) is 48.8 Å². The van der Waals surface area contributed by atoms with Gasteiger partial charge >= 0.3 is 0 Å². The summed E-state index contributed by atoms with van der Waals surface area (Å²) in [5.74, 6) is -0.941. The number of nitrogens with zero attached hydrogens (tertiary/aromatic N) is 12. The van der Waals surface area contributed by atoms with Gasteiger partial charge in [0.15, 0.2) is 17.8 Å². The molecule has 0 aliphatic carbocycles. The van der Waals surface area contributed by atoms with Crippen LogP contribution in [0.25, 0.3) is 11.4 Å². The summed E-state index contributed by atoms with van der Waals surface area (Å²) in [7, 11) is -1.00. The average molecular weight is 625 g/mol. The van der Waals surface area contributed by atoms with Crippen molar-refractivity contribution >= 4 is 17.3 Å². The predicted octanol–water partition coefficient (Wildman–Crippen LogP) is 3.25. The Morgan fingerprint density at radius 3 is 1.87 bits per heavy atom. The number of aromatic nitrogens is 8. The number of nitriles is 1. The van der Waals surface area contributed by atoms with E-state index in [-0.39, 0.29) is 22.7 Å². The molecule has 0 fully saturated rings. The Morgan fingerprint density at radius 2 is 1.44 bits per heavy atom. The number of aromatic amines is 1. The molecule has 17 nitrogen and oxygen atoms in total. The molecule has 0 spiro atoms. The molecule has 0 bridgehead atoms. The van der Waals surface area contributed by atoms with Crippen LogP contribution in [-0.4, -0.2) is 62.1 Å². The molecule has 0 radical (unpaired) electrons. The highest BCUT2D eigenvalue weighted by atomic mass is 19.1. The van der Waals surface area contributed by atoms with Crippen molar-refractivity contribution in [3.8, 4) is 17.6 Å². The zero-order chi connectivity index (χ0) is 33.0. The number of alkyl halides is 1. The van der Waals surface area contributed by atoms with Crippen LogP contribution in [-0.2, 0) is 26.2 Å². The standard InChI is InChI=1S/C12H9FN8O2.C12H8FN5O2.CH3F/c13-9-3-8(21(22)23)1-2-11(9)20-5-7-4-19(6-10(7)16-20)12-14-17-18-15-12;13-10-3-9(18(19)20)1-2-12(10)17-5-8-4-16(7-14)6-11(8)15-17;1-2/h1-3,5H,4,6H2,(H,14,15,17,18);1-3,5H,4,6H2;1H3/i;;1D. The number of benzene rings is 2. The van der Waals surface area contributed by atoms with E-state index in [4.69, 9.17) is 6.63 Å². The second kappa shape index (κ2) is 12.5. The molecule has 0 saturated carbocycles. The molecule has 20 heteroatoms. The van der Waals surface area contributed by atoms with Gasteiger partial charge in [-0.15, -0.1) is 5.10 Å². The molecule has 1 N–H and O–H groups in total. The number of tetrazole rings is 1. The van der Waals surface area contributed by atoms with Crippen molar-refractivity contribution in [2.45, 2.75) is 26.2 Å². The molecule has 2 aliphatic rings.